The third kappa shape index (κ3) is 8.71. The molecule has 122 valence electrons. The van der Waals surface area contributed by atoms with Crippen LogP contribution in [0.3, 0.4) is 0 Å². The molecule has 0 atom stereocenters. The average Bonchev–Trinajstić information content (AvgIpc) is 2.35. The maximum atomic E-state index is 11.6. The van der Waals surface area contributed by atoms with Gasteiger partial charge in [-0.3, -0.25) is 9.59 Å². The zero-order valence-corrected chi connectivity index (χ0v) is 13.5. The van der Waals surface area contributed by atoms with Gasteiger partial charge in [0.1, 0.15) is 5.60 Å². The van der Waals surface area contributed by atoms with Gasteiger partial charge in [0.05, 0.1) is 6.54 Å². The van der Waals surface area contributed by atoms with E-state index >= 15 is 0 Å². The van der Waals surface area contributed by atoms with E-state index in [1.807, 2.05) is 20.8 Å². The number of hydrogen-bond donors (Lipinski definition) is 2. The summed E-state index contributed by atoms with van der Waals surface area (Å²) in [6.07, 6.45) is 5.52. The molecule has 0 heterocycles. The maximum Gasteiger partial charge on any atom is 0.320 e. The molecular weight excluding hydrogens is 270 g/mol. The van der Waals surface area contributed by atoms with Gasteiger partial charge < -0.3 is 15.2 Å². The molecule has 0 saturated heterocycles. The van der Waals surface area contributed by atoms with Crippen LogP contribution in [0.1, 0.15) is 59.3 Å². The molecule has 21 heavy (non-hydrogen) atoms. The molecule has 0 unspecified atom stereocenters. The molecule has 5 nitrogen and oxygen atoms in total. The first-order valence-corrected chi connectivity index (χ1v) is 7.90. The number of rotatable bonds is 7. The lowest BCUT2D eigenvalue weighted by atomic mass is 9.80. The van der Waals surface area contributed by atoms with Gasteiger partial charge in [-0.05, 0) is 58.4 Å². The Morgan fingerprint density at radius 2 is 1.71 bits per heavy atom. The number of hydrogen-bond acceptors (Lipinski definition) is 4. The number of carboxylic acids is 1. The topological polar surface area (TPSA) is 75.6 Å². The van der Waals surface area contributed by atoms with Crippen molar-refractivity contribution in [2.24, 2.45) is 11.8 Å². The van der Waals surface area contributed by atoms with E-state index in [2.05, 4.69) is 5.32 Å². The van der Waals surface area contributed by atoms with Crippen molar-refractivity contribution in [3.8, 4) is 0 Å². The van der Waals surface area contributed by atoms with Crippen molar-refractivity contribution in [1.29, 1.82) is 0 Å². The highest BCUT2D eigenvalue weighted by Crippen LogP contribution is 2.31. The molecule has 1 aliphatic rings. The summed E-state index contributed by atoms with van der Waals surface area (Å²) in [5.74, 6) is 0.241. The number of ether oxygens (including phenoxy) is 1. The van der Waals surface area contributed by atoms with Gasteiger partial charge in [-0.25, -0.2) is 0 Å². The van der Waals surface area contributed by atoms with Crippen LogP contribution in [0.4, 0.5) is 0 Å². The van der Waals surface area contributed by atoms with Crippen LogP contribution in [0.15, 0.2) is 0 Å². The van der Waals surface area contributed by atoms with E-state index in [1.54, 1.807) is 0 Å². The van der Waals surface area contributed by atoms with Gasteiger partial charge >= 0.3 is 11.9 Å². The molecule has 0 bridgehead atoms. The van der Waals surface area contributed by atoms with Gasteiger partial charge in [0, 0.05) is 6.42 Å². The van der Waals surface area contributed by atoms with Gasteiger partial charge in [-0.1, -0.05) is 12.8 Å². The SMILES string of the molecule is CC(C)(C)OC(=O)CNC[C@H]1CC[C@H](CCC(=O)O)CC1. The van der Waals surface area contributed by atoms with Crippen molar-refractivity contribution in [2.75, 3.05) is 13.1 Å². The third-order valence-electron chi connectivity index (χ3n) is 3.86. The van der Waals surface area contributed by atoms with Crippen molar-refractivity contribution in [1.82, 2.24) is 5.32 Å². The lowest BCUT2D eigenvalue weighted by Crippen LogP contribution is -2.34. The van der Waals surface area contributed by atoms with E-state index in [1.165, 1.54) is 0 Å². The Hall–Kier alpha value is -1.10. The summed E-state index contributed by atoms with van der Waals surface area (Å²) in [6, 6.07) is 0. The van der Waals surface area contributed by atoms with Crippen molar-refractivity contribution >= 4 is 11.9 Å². The first-order valence-electron chi connectivity index (χ1n) is 7.90. The lowest BCUT2D eigenvalue weighted by Gasteiger charge is -2.28. The van der Waals surface area contributed by atoms with Crippen LogP contribution in [0.25, 0.3) is 0 Å². The van der Waals surface area contributed by atoms with Gasteiger partial charge in [0.25, 0.3) is 0 Å². The second-order valence-corrected chi connectivity index (χ2v) is 7.04. The average molecular weight is 299 g/mol. The molecule has 0 amide bonds. The predicted molar refractivity (Wildman–Crippen MR) is 81.0 cm³/mol. The Kier molecular flexibility index (Phi) is 7.15. The maximum absolute atomic E-state index is 11.6. The Bertz CT molecular complexity index is 341. The van der Waals surface area contributed by atoms with Gasteiger partial charge in [-0.2, -0.15) is 0 Å². The quantitative estimate of drug-likeness (QED) is 0.707. The van der Waals surface area contributed by atoms with Crippen LogP contribution in [0.2, 0.25) is 0 Å². The summed E-state index contributed by atoms with van der Waals surface area (Å²) in [7, 11) is 0. The van der Waals surface area contributed by atoms with Crippen molar-refractivity contribution in [3.63, 3.8) is 0 Å². The molecule has 0 aliphatic heterocycles. The van der Waals surface area contributed by atoms with Gasteiger partial charge in [0.2, 0.25) is 0 Å². The minimum Gasteiger partial charge on any atom is -0.481 e. The zero-order chi connectivity index (χ0) is 15.9. The number of esters is 1. The molecule has 0 aromatic rings. The minimum absolute atomic E-state index is 0.211. The molecule has 0 spiro atoms. The highest BCUT2D eigenvalue weighted by atomic mass is 16.6. The van der Waals surface area contributed by atoms with E-state index in [0.29, 0.717) is 11.8 Å². The molecule has 0 aromatic heterocycles. The number of nitrogens with one attached hydrogen (secondary N) is 1. The van der Waals surface area contributed by atoms with Crippen molar-refractivity contribution in [2.45, 2.75) is 64.9 Å². The first-order chi connectivity index (χ1) is 9.76. The van der Waals surface area contributed by atoms with Gasteiger partial charge in [-0.15, -0.1) is 0 Å². The normalized spacial score (nSPS) is 22.8. The molecule has 0 radical (unpaired) electrons. The lowest BCUT2D eigenvalue weighted by molar-refractivity contribution is -0.153. The molecule has 1 aliphatic carbocycles. The first kappa shape index (κ1) is 18.0. The van der Waals surface area contributed by atoms with E-state index in [-0.39, 0.29) is 18.9 Å². The second-order valence-electron chi connectivity index (χ2n) is 7.04. The molecule has 5 heteroatoms. The molecule has 0 aromatic carbocycles. The Morgan fingerprint density at radius 3 is 2.24 bits per heavy atom. The fourth-order valence-corrected chi connectivity index (χ4v) is 2.81. The van der Waals surface area contributed by atoms with E-state index in [9.17, 15) is 9.59 Å². The largest absolute Gasteiger partial charge is 0.481 e. The van der Waals surface area contributed by atoms with Crippen molar-refractivity contribution < 1.29 is 19.4 Å². The van der Waals surface area contributed by atoms with E-state index in [4.69, 9.17) is 9.84 Å². The van der Waals surface area contributed by atoms with Crippen LogP contribution in [-0.2, 0) is 14.3 Å². The third-order valence-corrected chi connectivity index (χ3v) is 3.86. The van der Waals surface area contributed by atoms with E-state index in [0.717, 1.165) is 38.6 Å². The zero-order valence-electron chi connectivity index (χ0n) is 13.5. The number of carboxylic acid groups (broad SMARTS) is 1. The molecule has 2 N–H and O–H groups in total. The summed E-state index contributed by atoms with van der Waals surface area (Å²) < 4.78 is 5.24. The van der Waals surface area contributed by atoms with Crippen molar-refractivity contribution in [3.05, 3.63) is 0 Å². The monoisotopic (exact) mass is 299 g/mol. The highest BCUT2D eigenvalue weighted by Gasteiger charge is 2.22. The van der Waals surface area contributed by atoms with Crippen LogP contribution >= 0.6 is 0 Å². The number of carbonyl (C=O) groups is 2. The Morgan fingerprint density at radius 1 is 1.14 bits per heavy atom. The van der Waals surface area contributed by atoms with Crippen LogP contribution in [-0.4, -0.2) is 35.7 Å². The number of aliphatic carboxylic acids is 1. The smallest absolute Gasteiger partial charge is 0.320 e. The standard InChI is InChI=1S/C16H29NO4/c1-16(2,3)21-15(20)11-17-10-13-6-4-12(5-7-13)8-9-14(18)19/h12-13,17H,4-11H2,1-3H3,(H,18,19)/t12-,13-. The van der Waals surface area contributed by atoms with Gasteiger partial charge in [0.15, 0.2) is 0 Å². The summed E-state index contributed by atoms with van der Waals surface area (Å²) in [4.78, 5) is 22.1. The number of carbonyl (C=O) groups excluding carboxylic acids is 1. The Labute approximate surface area is 127 Å². The van der Waals surface area contributed by atoms with E-state index < -0.39 is 11.6 Å². The Balaban J connectivity index is 2.10. The summed E-state index contributed by atoms with van der Waals surface area (Å²) >= 11 is 0. The molecule has 1 saturated carbocycles. The fourth-order valence-electron chi connectivity index (χ4n) is 2.81. The minimum atomic E-state index is -0.698. The predicted octanol–water partition coefficient (Wildman–Crippen LogP) is 2.59. The van der Waals surface area contributed by atoms with Crippen LogP contribution in [0, 0.1) is 11.8 Å². The van der Waals surface area contributed by atoms with Crippen LogP contribution in [0.5, 0.6) is 0 Å². The van der Waals surface area contributed by atoms with Crippen LogP contribution < -0.4 is 5.32 Å². The summed E-state index contributed by atoms with van der Waals surface area (Å²) in [5, 5.41) is 11.9. The molecular formula is C16H29NO4. The summed E-state index contributed by atoms with van der Waals surface area (Å²) in [6.45, 7) is 6.69. The highest BCUT2D eigenvalue weighted by molar-refractivity contribution is 5.72. The fraction of sp³-hybridized carbons (Fsp3) is 0.875. The molecule has 1 fully saturated rings. The molecule has 1 rings (SSSR count). The second kappa shape index (κ2) is 8.37. The summed E-state index contributed by atoms with van der Waals surface area (Å²) in [5.41, 5.74) is -0.430.